The zero-order chi connectivity index (χ0) is 41.8. The van der Waals surface area contributed by atoms with Gasteiger partial charge in [0.05, 0.1) is 40.0 Å². The predicted octanol–water partition coefficient (Wildman–Crippen LogP) is 5.86. The molecule has 310 valence electrons. The van der Waals surface area contributed by atoms with Gasteiger partial charge in [0, 0.05) is 86.5 Å². The number of hydrogen-bond acceptors (Lipinski definition) is 11. The number of rotatable bonds is 9. The summed E-state index contributed by atoms with van der Waals surface area (Å²) in [4.78, 5) is 58.2. The predicted molar refractivity (Wildman–Crippen MR) is 227 cm³/mol. The van der Waals surface area contributed by atoms with E-state index in [2.05, 4.69) is 64.2 Å². The van der Waals surface area contributed by atoms with Gasteiger partial charge in [0.15, 0.2) is 5.65 Å². The molecule has 5 aromatic rings. The number of nitrogens with zero attached hydrogens (tertiary/aromatic N) is 9. The first-order chi connectivity index (χ1) is 28.9. The van der Waals surface area contributed by atoms with E-state index in [1.54, 1.807) is 35.8 Å². The Morgan fingerprint density at radius 3 is 2.40 bits per heavy atom. The average Bonchev–Trinajstić information content (AvgIpc) is 3.70. The molecule has 60 heavy (non-hydrogen) atoms. The smallest absolute Gasteiger partial charge is 0.328 e. The highest BCUT2D eigenvalue weighted by atomic mass is 16.5. The number of benzene rings is 1. The van der Waals surface area contributed by atoms with Gasteiger partial charge < -0.3 is 19.9 Å². The molecule has 0 unspecified atom stereocenters. The minimum atomic E-state index is -0.408. The molecule has 7 heterocycles. The van der Waals surface area contributed by atoms with Crippen molar-refractivity contribution in [3.8, 4) is 11.8 Å². The molecule has 4 amide bonds. The molecule has 2 N–H and O–H groups in total. The fourth-order valence-corrected chi connectivity index (χ4v) is 10.5. The van der Waals surface area contributed by atoms with Crippen molar-refractivity contribution in [2.45, 2.75) is 78.0 Å². The Hall–Kier alpha value is -6.14. The fourth-order valence-electron chi connectivity index (χ4n) is 10.5. The highest BCUT2D eigenvalue weighted by molar-refractivity contribution is 6.09. The maximum Gasteiger partial charge on any atom is 0.328 e. The van der Waals surface area contributed by atoms with E-state index in [1.807, 2.05) is 41.1 Å². The standard InChI is InChI=1S/C45H51N11O4/c1-44(2)41(45(3,4)42(44)60-35-9-7-29(24-46)38-32(35)6-5-17-47-38)52-40(58)30-8-10-36(49-25-30)54-21-12-28(13-22-54)27-53-19-14-31(15-20-53)56-39-33(26-50-56)34(11-18-48-39)55-23-16-37(57)51-43(55)59/h5-11,17-18,25-26,28,31,41-42H,12-16,19-23,27H2,1-4H3,(H,52,58)(H,51,57,59)/t41-,42-. The van der Waals surface area contributed by atoms with Crippen LogP contribution in [0.1, 0.15) is 81.8 Å². The molecule has 9 rings (SSSR count). The van der Waals surface area contributed by atoms with Crippen molar-refractivity contribution < 1.29 is 19.1 Å². The molecule has 0 radical (unpaired) electrons. The van der Waals surface area contributed by atoms with Gasteiger partial charge in [0.25, 0.3) is 5.91 Å². The lowest BCUT2D eigenvalue weighted by Gasteiger charge is -2.63. The lowest BCUT2D eigenvalue weighted by atomic mass is 9.49. The van der Waals surface area contributed by atoms with Crippen LogP contribution in [-0.4, -0.2) is 98.9 Å². The van der Waals surface area contributed by atoms with Gasteiger partial charge in [-0.3, -0.25) is 24.8 Å². The van der Waals surface area contributed by atoms with Crippen LogP contribution in [0.2, 0.25) is 0 Å². The first-order valence-electron chi connectivity index (χ1n) is 21.0. The van der Waals surface area contributed by atoms with Crippen molar-refractivity contribution in [2.24, 2.45) is 16.7 Å². The molecule has 1 aliphatic carbocycles. The molecule has 0 bridgehead atoms. The van der Waals surface area contributed by atoms with Gasteiger partial charge in [-0.15, -0.1) is 0 Å². The Morgan fingerprint density at radius 2 is 1.68 bits per heavy atom. The normalized spacial score (nSPS) is 22.3. The number of aromatic nitrogens is 5. The Bertz CT molecular complexity index is 2480. The second-order valence-electron chi connectivity index (χ2n) is 17.9. The van der Waals surface area contributed by atoms with Crippen molar-refractivity contribution >= 4 is 51.3 Å². The average molecular weight is 810 g/mol. The highest BCUT2D eigenvalue weighted by Crippen LogP contribution is 2.56. The second kappa shape index (κ2) is 15.5. The van der Waals surface area contributed by atoms with Crippen LogP contribution >= 0.6 is 0 Å². The third kappa shape index (κ3) is 7.06. The van der Waals surface area contributed by atoms with Gasteiger partial charge in [-0.05, 0) is 74.1 Å². The Balaban J connectivity index is 0.751. The van der Waals surface area contributed by atoms with Crippen LogP contribution in [0.3, 0.4) is 0 Å². The van der Waals surface area contributed by atoms with E-state index in [1.165, 1.54) is 0 Å². The van der Waals surface area contributed by atoms with Gasteiger partial charge in [-0.25, -0.2) is 19.4 Å². The van der Waals surface area contributed by atoms with Crippen LogP contribution in [-0.2, 0) is 4.79 Å². The lowest BCUT2D eigenvalue weighted by molar-refractivity contribution is -0.163. The van der Waals surface area contributed by atoms with Crippen LogP contribution < -0.4 is 25.2 Å². The fraction of sp³-hybridized carbons (Fsp3) is 0.467. The summed E-state index contributed by atoms with van der Waals surface area (Å²) in [5.74, 6) is 1.77. The van der Waals surface area contributed by atoms with Gasteiger partial charge in [-0.2, -0.15) is 10.4 Å². The number of nitrogens with one attached hydrogen (secondary N) is 2. The Kier molecular flexibility index (Phi) is 10.1. The van der Waals surface area contributed by atoms with E-state index in [4.69, 9.17) is 14.8 Å². The summed E-state index contributed by atoms with van der Waals surface area (Å²) in [5, 5.41) is 21.6. The molecular weight excluding hydrogens is 759 g/mol. The SMILES string of the molecule is CC1(C)[C@H](NC(=O)c2ccc(N3CCC(CN4CCC(n5ncc6c(N7CCC(=O)NC7=O)ccnc65)CC4)CC3)nc2)C(C)(C)[C@H]1Oc1ccc(C#N)c2ncccc12. The summed E-state index contributed by atoms with van der Waals surface area (Å²) in [6, 6.07) is 14.9. The monoisotopic (exact) mass is 809 g/mol. The van der Waals surface area contributed by atoms with Crippen molar-refractivity contribution in [1.82, 2.24) is 40.3 Å². The number of imide groups is 1. The maximum atomic E-state index is 13.6. The number of piperidine rings is 2. The number of carbonyl (C=O) groups excluding carboxylic acids is 3. The first-order valence-corrected chi connectivity index (χ1v) is 21.0. The molecule has 4 fully saturated rings. The summed E-state index contributed by atoms with van der Waals surface area (Å²) in [6.45, 7) is 13.7. The molecule has 0 atom stereocenters. The molecule has 15 heteroatoms. The molecule has 1 aromatic carbocycles. The molecular formula is C45H51N11O4. The van der Waals surface area contributed by atoms with E-state index in [0.717, 1.165) is 86.3 Å². The van der Waals surface area contributed by atoms with Crippen molar-refractivity contribution in [1.29, 1.82) is 5.26 Å². The van der Waals surface area contributed by atoms with E-state index in [9.17, 15) is 19.6 Å². The molecule has 0 spiro atoms. The highest BCUT2D eigenvalue weighted by Gasteiger charge is 2.64. The number of hydrogen-bond donors (Lipinski definition) is 2. The summed E-state index contributed by atoms with van der Waals surface area (Å²) in [7, 11) is 0. The van der Waals surface area contributed by atoms with Gasteiger partial charge >= 0.3 is 6.03 Å². The third-order valence-electron chi connectivity index (χ3n) is 13.4. The van der Waals surface area contributed by atoms with Crippen molar-refractivity contribution in [2.75, 3.05) is 49.1 Å². The van der Waals surface area contributed by atoms with E-state index < -0.39 is 6.03 Å². The lowest BCUT2D eigenvalue weighted by Crippen LogP contribution is -2.74. The summed E-state index contributed by atoms with van der Waals surface area (Å²) < 4.78 is 8.67. The third-order valence-corrected chi connectivity index (χ3v) is 13.4. The molecule has 4 aromatic heterocycles. The number of fused-ring (bicyclic) bond motifs is 2. The number of ether oxygens (including phenoxy) is 1. The zero-order valence-electron chi connectivity index (χ0n) is 34.6. The van der Waals surface area contributed by atoms with Gasteiger partial charge in [-0.1, -0.05) is 27.7 Å². The number of nitriles is 1. The van der Waals surface area contributed by atoms with Gasteiger partial charge in [0.2, 0.25) is 5.91 Å². The minimum absolute atomic E-state index is 0.143. The molecule has 15 nitrogen and oxygen atoms in total. The van der Waals surface area contributed by atoms with Crippen molar-refractivity contribution in [3.63, 3.8) is 0 Å². The minimum Gasteiger partial charge on any atom is -0.488 e. The largest absolute Gasteiger partial charge is 0.488 e. The summed E-state index contributed by atoms with van der Waals surface area (Å²) in [5.41, 5.74) is 2.41. The van der Waals surface area contributed by atoms with Crippen LogP contribution in [0, 0.1) is 28.1 Å². The van der Waals surface area contributed by atoms with Crippen LogP contribution in [0.5, 0.6) is 5.75 Å². The number of anilines is 2. The van der Waals surface area contributed by atoms with Crippen molar-refractivity contribution in [3.05, 3.63) is 78.4 Å². The molecule has 4 aliphatic rings. The van der Waals surface area contributed by atoms with E-state index >= 15 is 0 Å². The number of likely N-dealkylation sites (tertiary alicyclic amines) is 1. The van der Waals surface area contributed by atoms with Gasteiger partial charge in [0.1, 0.15) is 23.7 Å². The van der Waals surface area contributed by atoms with E-state index in [-0.39, 0.29) is 47.3 Å². The van der Waals surface area contributed by atoms with Crippen LogP contribution in [0.15, 0.2) is 67.3 Å². The van der Waals surface area contributed by atoms with E-state index in [0.29, 0.717) is 34.9 Å². The molecule has 3 saturated heterocycles. The Morgan fingerprint density at radius 1 is 0.900 bits per heavy atom. The summed E-state index contributed by atoms with van der Waals surface area (Å²) in [6.07, 6.45) is 11.1. The van der Waals surface area contributed by atoms with Crippen LogP contribution in [0.4, 0.5) is 16.3 Å². The quantitative estimate of drug-likeness (QED) is 0.183. The maximum absolute atomic E-state index is 13.6. The number of pyridine rings is 3. The topological polar surface area (TPSA) is 174 Å². The summed E-state index contributed by atoms with van der Waals surface area (Å²) >= 11 is 0. The number of amides is 4. The van der Waals surface area contributed by atoms with Crippen LogP contribution in [0.25, 0.3) is 21.9 Å². The first kappa shape index (κ1) is 39.3. The molecule has 3 aliphatic heterocycles. The molecule has 1 saturated carbocycles. The second-order valence-corrected chi connectivity index (χ2v) is 17.9. The zero-order valence-corrected chi connectivity index (χ0v) is 34.6. The number of carbonyl (C=O) groups is 3. The number of urea groups is 1. The Labute approximate surface area is 349 Å².